The lowest BCUT2D eigenvalue weighted by molar-refractivity contribution is -0.134. The van der Waals surface area contributed by atoms with Crippen molar-refractivity contribution in [3.63, 3.8) is 0 Å². The van der Waals surface area contributed by atoms with E-state index < -0.39 is 24.1 Å². The van der Waals surface area contributed by atoms with Gasteiger partial charge in [-0.15, -0.1) is 0 Å². The van der Waals surface area contributed by atoms with Gasteiger partial charge in [-0.2, -0.15) is 0 Å². The summed E-state index contributed by atoms with van der Waals surface area (Å²) in [6.07, 6.45) is -0.201. The van der Waals surface area contributed by atoms with Gasteiger partial charge in [-0.05, 0) is 48.5 Å². The van der Waals surface area contributed by atoms with Crippen molar-refractivity contribution in [3.05, 3.63) is 60.7 Å². The van der Waals surface area contributed by atoms with Crippen LogP contribution in [-0.2, 0) is 19.1 Å². The van der Waals surface area contributed by atoms with Crippen LogP contribution in [0.2, 0.25) is 0 Å². The van der Waals surface area contributed by atoms with E-state index in [2.05, 4.69) is 21.3 Å². The van der Waals surface area contributed by atoms with Crippen LogP contribution < -0.4 is 30.7 Å². The zero-order valence-corrected chi connectivity index (χ0v) is 31.1. The average Bonchev–Trinajstić information content (AvgIpc) is 3.20. The van der Waals surface area contributed by atoms with Crippen molar-refractivity contribution >= 4 is 24.0 Å². The Balaban J connectivity index is 0.000000325. The highest BCUT2D eigenvalue weighted by Gasteiger charge is 2.17. The minimum Gasteiger partial charge on any atom is -0.508 e. The predicted octanol–water partition coefficient (Wildman–Crippen LogP) is -0.762. The van der Waals surface area contributed by atoms with Gasteiger partial charge in [0, 0.05) is 77.6 Å². The van der Waals surface area contributed by atoms with Gasteiger partial charge in [-0.25, -0.2) is 19.2 Å². The number of ether oxygens (including phenoxy) is 4. The third-order valence-electron chi connectivity index (χ3n) is 7.44. The second kappa shape index (κ2) is 28.1. The molecule has 2 aromatic carbocycles. The minimum absolute atomic E-state index is 0.0867. The van der Waals surface area contributed by atoms with Crippen molar-refractivity contribution in [2.75, 3.05) is 105 Å². The molecule has 2 atom stereocenters. The maximum atomic E-state index is 11.8. The molecule has 4 amide bonds. The molecule has 0 spiro atoms. The number of amides is 4. The number of nitrogens with zero attached hydrogens (tertiary/aromatic N) is 2. The fourth-order valence-corrected chi connectivity index (χ4v) is 4.54. The molecule has 20 nitrogen and oxygen atoms in total. The maximum Gasteiger partial charge on any atom is 0.328 e. The Morgan fingerprint density at radius 3 is 1.27 bits per heavy atom. The molecule has 0 radical (unpaired) electrons. The number of hydrogen-bond acceptors (Lipinski definition) is 14. The van der Waals surface area contributed by atoms with E-state index >= 15 is 0 Å². The van der Waals surface area contributed by atoms with Gasteiger partial charge >= 0.3 is 24.0 Å². The highest BCUT2D eigenvalue weighted by Crippen LogP contribution is 2.16. The van der Waals surface area contributed by atoms with Crippen LogP contribution >= 0.6 is 0 Å². The van der Waals surface area contributed by atoms with Crippen LogP contribution in [0, 0.1) is 0 Å². The maximum absolute atomic E-state index is 11.8. The first kappa shape index (κ1) is 46.8. The van der Waals surface area contributed by atoms with Crippen LogP contribution in [0.15, 0.2) is 60.7 Å². The summed E-state index contributed by atoms with van der Waals surface area (Å²) in [4.78, 5) is 46.2. The van der Waals surface area contributed by atoms with Crippen molar-refractivity contribution in [1.82, 2.24) is 31.1 Å². The Labute approximate surface area is 324 Å². The number of carbonyl (C=O) groups is 4. The number of rotatable bonds is 18. The number of aliphatic hydroxyl groups is 2. The third-order valence-corrected chi connectivity index (χ3v) is 7.44. The lowest BCUT2D eigenvalue weighted by Gasteiger charge is -2.27. The molecule has 2 aromatic rings. The van der Waals surface area contributed by atoms with Gasteiger partial charge in [0.15, 0.2) is 0 Å². The topological polar surface area (TPSA) is 281 Å². The molecule has 0 saturated carbocycles. The standard InChI is InChI=1S/2C16H25N3O5.C4H4O4/c2*20-13-1-3-15(4-2-13)24-12-14(21)11-17-5-6-18-16(22)19-7-9-23-10-8-19;5-3(6)1-2-4(7)8/h2*1-4,14,17,20-21H,5-12H2,(H,18,22);1-2H,(H,5,6)(H,7,8). The van der Waals surface area contributed by atoms with Crippen LogP contribution in [0.1, 0.15) is 0 Å². The molecule has 4 rings (SSSR count). The number of carbonyl (C=O) groups excluding carboxylic acids is 2. The van der Waals surface area contributed by atoms with E-state index in [1.165, 1.54) is 24.3 Å². The highest BCUT2D eigenvalue weighted by atomic mass is 16.5. The fourth-order valence-electron chi connectivity index (χ4n) is 4.54. The van der Waals surface area contributed by atoms with Gasteiger partial charge in [0.05, 0.1) is 26.4 Å². The lowest BCUT2D eigenvalue weighted by Crippen LogP contribution is -2.47. The van der Waals surface area contributed by atoms with Gasteiger partial charge in [0.2, 0.25) is 0 Å². The van der Waals surface area contributed by atoms with E-state index in [-0.39, 0.29) is 36.8 Å². The molecule has 0 aromatic heterocycles. The van der Waals surface area contributed by atoms with Gasteiger partial charge in [-0.1, -0.05) is 0 Å². The third kappa shape index (κ3) is 22.7. The van der Waals surface area contributed by atoms with Crippen molar-refractivity contribution in [3.8, 4) is 23.0 Å². The van der Waals surface area contributed by atoms with Crippen LogP contribution in [-0.4, -0.2) is 182 Å². The summed E-state index contributed by atoms with van der Waals surface area (Å²) >= 11 is 0. The highest BCUT2D eigenvalue weighted by molar-refractivity contribution is 5.89. The van der Waals surface area contributed by atoms with Crippen LogP contribution in [0.5, 0.6) is 23.0 Å². The quantitative estimate of drug-likeness (QED) is 0.0656. The molecule has 0 aliphatic carbocycles. The van der Waals surface area contributed by atoms with E-state index in [1.807, 2.05) is 0 Å². The normalized spacial score (nSPS) is 14.9. The Morgan fingerprint density at radius 2 is 0.946 bits per heavy atom. The predicted molar refractivity (Wildman–Crippen MR) is 201 cm³/mol. The summed E-state index contributed by atoms with van der Waals surface area (Å²) in [6.45, 7) is 7.93. The number of phenolic OH excluding ortho intramolecular Hbond substituents is 2. The molecular formula is C36H54N6O14. The largest absolute Gasteiger partial charge is 0.508 e. The van der Waals surface area contributed by atoms with E-state index in [1.54, 1.807) is 34.1 Å². The summed E-state index contributed by atoms with van der Waals surface area (Å²) in [6, 6.07) is 12.5. The zero-order valence-electron chi connectivity index (χ0n) is 31.1. The number of aliphatic carboxylic acids is 2. The van der Waals surface area contributed by atoms with E-state index in [0.29, 0.717) is 116 Å². The van der Waals surface area contributed by atoms with Crippen LogP contribution in [0.25, 0.3) is 0 Å². The molecule has 2 aliphatic rings. The first-order valence-corrected chi connectivity index (χ1v) is 17.9. The molecule has 2 fully saturated rings. The fraction of sp³-hybridized carbons (Fsp3) is 0.500. The summed E-state index contributed by atoms with van der Waals surface area (Å²) in [5.41, 5.74) is 0. The summed E-state index contributed by atoms with van der Waals surface area (Å²) in [5, 5.41) is 65.4. The summed E-state index contributed by atoms with van der Waals surface area (Å²) in [5.74, 6) is -0.999. The first-order chi connectivity index (χ1) is 26.9. The number of morpholine rings is 2. The Morgan fingerprint density at radius 1 is 0.607 bits per heavy atom. The molecule has 2 aliphatic heterocycles. The number of benzene rings is 2. The zero-order chi connectivity index (χ0) is 41.0. The molecule has 10 N–H and O–H groups in total. The number of aliphatic hydroxyl groups excluding tert-OH is 2. The number of aromatic hydroxyl groups is 2. The molecule has 56 heavy (non-hydrogen) atoms. The average molecular weight is 795 g/mol. The molecule has 20 heteroatoms. The second-order valence-corrected chi connectivity index (χ2v) is 12.0. The van der Waals surface area contributed by atoms with Crippen LogP contribution in [0.3, 0.4) is 0 Å². The van der Waals surface area contributed by atoms with Crippen LogP contribution in [0.4, 0.5) is 9.59 Å². The van der Waals surface area contributed by atoms with E-state index in [0.717, 1.165) is 0 Å². The number of hydrogen-bond donors (Lipinski definition) is 10. The number of urea groups is 2. The Bertz CT molecular complexity index is 1330. The van der Waals surface area contributed by atoms with Gasteiger partial charge in [0.1, 0.15) is 48.4 Å². The van der Waals surface area contributed by atoms with Crippen molar-refractivity contribution in [2.24, 2.45) is 0 Å². The molecule has 2 saturated heterocycles. The Kier molecular flexibility index (Phi) is 23.5. The van der Waals surface area contributed by atoms with Crippen molar-refractivity contribution in [2.45, 2.75) is 12.2 Å². The number of carboxylic acids is 2. The van der Waals surface area contributed by atoms with Crippen molar-refractivity contribution in [1.29, 1.82) is 0 Å². The smallest absolute Gasteiger partial charge is 0.328 e. The monoisotopic (exact) mass is 794 g/mol. The summed E-state index contributed by atoms with van der Waals surface area (Å²) < 4.78 is 21.2. The number of carboxylic acid groups (broad SMARTS) is 2. The molecule has 312 valence electrons. The first-order valence-electron chi connectivity index (χ1n) is 17.9. The molecule has 2 heterocycles. The number of phenols is 2. The molecule has 2 unspecified atom stereocenters. The van der Waals surface area contributed by atoms with E-state index in [4.69, 9.17) is 39.4 Å². The summed E-state index contributed by atoms with van der Waals surface area (Å²) in [7, 11) is 0. The molecular weight excluding hydrogens is 740 g/mol. The number of nitrogens with one attached hydrogen (secondary N) is 4. The van der Waals surface area contributed by atoms with Gasteiger partial charge in [-0.3, -0.25) is 0 Å². The minimum atomic E-state index is -1.26. The van der Waals surface area contributed by atoms with Gasteiger partial charge < -0.3 is 80.7 Å². The van der Waals surface area contributed by atoms with Crippen molar-refractivity contribution < 1.29 is 68.8 Å². The van der Waals surface area contributed by atoms with Gasteiger partial charge in [0.25, 0.3) is 0 Å². The SMILES string of the molecule is O=C(NCCNCC(O)COc1ccc(O)cc1)N1CCOCC1.O=C(NCCNCC(O)COc1ccc(O)cc1)N1CCOCC1.O=C(O)C=CC(=O)O. The molecule has 0 bridgehead atoms. The lowest BCUT2D eigenvalue weighted by atomic mass is 10.3. The second-order valence-electron chi connectivity index (χ2n) is 12.0. The van der Waals surface area contributed by atoms with E-state index in [9.17, 15) is 29.4 Å². The Hall–Kier alpha value is -5.38.